The summed E-state index contributed by atoms with van der Waals surface area (Å²) in [6.07, 6.45) is 2.53. The minimum Gasteiger partial charge on any atom is -0.478 e. The highest BCUT2D eigenvalue weighted by molar-refractivity contribution is 6.17. The first kappa shape index (κ1) is 18.4. The zero-order chi connectivity index (χ0) is 17.2. The van der Waals surface area contributed by atoms with Crippen LogP contribution in [0, 0.1) is 0 Å². The lowest BCUT2D eigenvalue weighted by molar-refractivity contribution is -0.147. The van der Waals surface area contributed by atoms with Gasteiger partial charge in [-0.25, -0.2) is 14.4 Å². The van der Waals surface area contributed by atoms with Crippen molar-refractivity contribution in [3.63, 3.8) is 0 Å². The van der Waals surface area contributed by atoms with E-state index in [9.17, 15) is 14.4 Å². The third-order valence-corrected chi connectivity index (χ3v) is 2.76. The molecular formula is C17H20O6. The topological polar surface area (TPSA) is 89.9 Å². The predicted molar refractivity (Wildman–Crippen MR) is 83.9 cm³/mol. The highest BCUT2D eigenvalue weighted by Gasteiger charge is 2.21. The SMILES string of the molecule is CCCOC(=O)C(=Cc1cccc(C(=O)O)c1)C(=O)OCCC. The molecule has 0 aliphatic carbocycles. The van der Waals surface area contributed by atoms with Gasteiger partial charge in [0.25, 0.3) is 0 Å². The number of hydrogen-bond acceptors (Lipinski definition) is 5. The fraction of sp³-hybridized carbons (Fsp3) is 0.353. The number of carboxylic acids is 1. The summed E-state index contributed by atoms with van der Waals surface area (Å²) in [5, 5.41) is 8.99. The van der Waals surface area contributed by atoms with E-state index in [4.69, 9.17) is 14.6 Å². The normalized spacial score (nSPS) is 9.83. The maximum absolute atomic E-state index is 12.0. The van der Waals surface area contributed by atoms with Crippen molar-refractivity contribution in [2.45, 2.75) is 26.7 Å². The van der Waals surface area contributed by atoms with Gasteiger partial charge < -0.3 is 14.6 Å². The molecule has 1 aromatic carbocycles. The Balaban J connectivity index is 3.11. The number of ether oxygens (including phenoxy) is 2. The highest BCUT2D eigenvalue weighted by Crippen LogP contribution is 2.13. The molecular weight excluding hydrogens is 300 g/mol. The summed E-state index contributed by atoms with van der Waals surface area (Å²) in [4.78, 5) is 35.0. The molecule has 0 saturated carbocycles. The first-order valence-electron chi connectivity index (χ1n) is 7.38. The van der Waals surface area contributed by atoms with Crippen molar-refractivity contribution in [2.75, 3.05) is 13.2 Å². The maximum atomic E-state index is 12.0. The van der Waals surface area contributed by atoms with Crippen molar-refractivity contribution in [2.24, 2.45) is 0 Å². The van der Waals surface area contributed by atoms with Crippen LogP contribution in [0.2, 0.25) is 0 Å². The number of esters is 2. The van der Waals surface area contributed by atoms with Crippen molar-refractivity contribution < 1.29 is 29.0 Å². The zero-order valence-corrected chi connectivity index (χ0v) is 13.2. The molecule has 6 heteroatoms. The number of hydrogen-bond donors (Lipinski definition) is 1. The summed E-state index contributed by atoms with van der Waals surface area (Å²) in [5.74, 6) is -2.66. The quantitative estimate of drug-likeness (QED) is 0.343. The average Bonchev–Trinajstić information content (AvgIpc) is 2.55. The van der Waals surface area contributed by atoms with E-state index in [1.807, 2.05) is 13.8 Å². The third kappa shape index (κ3) is 5.94. The Hall–Kier alpha value is -2.63. The molecule has 1 rings (SSSR count). The fourth-order valence-electron chi connectivity index (χ4n) is 1.67. The molecule has 1 N–H and O–H groups in total. The molecule has 0 aromatic heterocycles. The Morgan fingerprint density at radius 2 is 1.61 bits per heavy atom. The molecule has 23 heavy (non-hydrogen) atoms. The molecule has 0 spiro atoms. The molecule has 0 aliphatic heterocycles. The van der Waals surface area contributed by atoms with Gasteiger partial charge in [-0.1, -0.05) is 26.0 Å². The number of rotatable bonds is 8. The lowest BCUT2D eigenvalue weighted by atomic mass is 10.1. The largest absolute Gasteiger partial charge is 0.478 e. The number of carbonyl (C=O) groups is 3. The average molecular weight is 320 g/mol. The summed E-state index contributed by atoms with van der Waals surface area (Å²) in [7, 11) is 0. The second kappa shape index (κ2) is 9.40. The van der Waals surface area contributed by atoms with Crippen LogP contribution < -0.4 is 0 Å². The Bertz CT molecular complexity index is 581. The molecule has 124 valence electrons. The summed E-state index contributed by atoms with van der Waals surface area (Å²) in [6.45, 7) is 4.05. The van der Waals surface area contributed by atoms with Crippen LogP contribution in [0.15, 0.2) is 29.8 Å². The number of benzene rings is 1. The zero-order valence-electron chi connectivity index (χ0n) is 13.2. The van der Waals surface area contributed by atoms with Crippen LogP contribution in [-0.4, -0.2) is 36.2 Å². The molecule has 0 aliphatic rings. The van der Waals surface area contributed by atoms with E-state index in [1.165, 1.54) is 24.3 Å². The third-order valence-electron chi connectivity index (χ3n) is 2.76. The van der Waals surface area contributed by atoms with Gasteiger partial charge in [0.1, 0.15) is 5.57 Å². The van der Waals surface area contributed by atoms with Crippen LogP contribution in [0.25, 0.3) is 6.08 Å². The van der Waals surface area contributed by atoms with Crippen LogP contribution >= 0.6 is 0 Å². The van der Waals surface area contributed by atoms with Gasteiger partial charge in [-0.2, -0.15) is 0 Å². The number of carboxylic acid groups (broad SMARTS) is 1. The molecule has 0 heterocycles. The summed E-state index contributed by atoms with van der Waals surface area (Å²) < 4.78 is 9.96. The lowest BCUT2D eigenvalue weighted by Crippen LogP contribution is -2.19. The Labute approximate surface area is 134 Å². The fourth-order valence-corrected chi connectivity index (χ4v) is 1.67. The summed E-state index contributed by atoms with van der Waals surface area (Å²) in [5.41, 5.74) is 0.207. The minimum absolute atomic E-state index is 0.0574. The molecule has 0 fully saturated rings. The first-order chi connectivity index (χ1) is 11.0. The van der Waals surface area contributed by atoms with Gasteiger partial charge in [0.2, 0.25) is 0 Å². The van der Waals surface area contributed by atoms with E-state index in [1.54, 1.807) is 6.07 Å². The highest BCUT2D eigenvalue weighted by atomic mass is 16.6. The van der Waals surface area contributed by atoms with E-state index in [0.717, 1.165) is 0 Å². The smallest absolute Gasteiger partial charge is 0.345 e. The lowest BCUT2D eigenvalue weighted by Gasteiger charge is -2.08. The molecule has 0 amide bonds. The van der Waals surface area contributed by atoms with Gasteiger partial charge >= 0.3 is 17.9 Å². The molecule has 0 atom stereocenters. The van der Waals surface area contributed by atoms with Gasteiger partial charge in [-0.15, -0.1) is 0 Å². The minimum atomic E-state index is -1.09. The van der Waals surface area contributed by atoms with Crippen LogP contribution in [0.4, 0.5) is 0 Å². The molecule has 0 radical (unpaired) electrons. The van der Waals surface area contributed by atoms with E-state index in [-0.39, 0.29) is 24.4 Å². The first-order valence-corrected chi connectivity index (χ1v) is 7.38. The van der Waals surface area contributed by atoms with Gasteiger partial charge in [-0.3, -0.25) is 0 Å². The van der Waals surface area contributed by atoms with Gasteiger partial charge in [0.15, 0.2) is 0 Å². The van der Waals surface area contributed by atoms with Gasteiger partial charge in [-0.05, 0) is 36.6 Å². The number of aromatic carboxylic acids is 1. The van der Waals surface area contributed by atoms with Crippen molar-refractivity contribution in [1.82, 2.24) is 0 Å². The standard InChI is InChI=1S/C17H20O6/c1-3-8-22-16(20)14(17(21)23-9-4-2)11-12-6-5-7-13(10-12)15(18)19/h5-7,10-11H,3-4,8-9H2,1-2H3,(H,18,19). The molecule has 0 unspecified atom stereocenters. The van der Waals surface area contributed by atoms with Crippen LogP contribution in [0.3, 0.4) is 0 Å². The van der Waals surface area contributed by atoms with E-state index >= 15 is 0 Å². The predicted octanol–water partition coefficient (Wildman–Crippen LogP) is 2.67. The molecule has 6 nitrogen and oxygen atoms in total. The van der Waals surface area contributed by atoms with Crippen molar-refractivity contribution in [1.29, 1.82) is 0 Å². The Kier molecular flexibility index (Phi) is 7.53. The van der Waals surface area contributed by atoms with Gasteiger partial charge in [0.05, 0.1) is 18.8 Å². The van der Waals surface area contributed by atoms with Crippen LogP contribution in [0.5, 0.6) is 0 Å². The molecule has 1 aromatic rings. The Morgan fingerprint density at radius 3 is 2.09 bits per heavy atom. The second-order valence-electron chi connectivity index (χ2n) is 4.76. The van der Waals surface area contributed by atoms with E-state index in [0.29, 0.717) is 18.4 Å². The summed E-state index contributed by atoms with van der Waals surface area (Å²) >= 11 is 0. The van der Waals surface area contributed by atoms with Crippen molar-refractivity contribution in [3.8, 4) is 0 Å². The molecule has 0 bridgehead atoms. The van der Waals surface area contributed by atoms with Crippen molar-refractivity contribution in [3.05, 3.63) is 41.0 Å². The second-order valence-corrected chi connectivity index (χ2v) is 4.76. The van der Waals surface area contributed by atoms with Crippen LogP contribution in [0.1, 0.15) is 42.6 Å². The van der Waals surface area contributed by atoms with Crippen LogP contribution in [-0.2, 0) is 19.1 Å². The van der Waals surface area contributed by atoms with Crippen molar-refractivity contribution >= 4 is 24.0 Å². The Morgan fingerprint density at radius 1 is 1.04 bits per heavy atom. The molecule has 0 saturated heterocycles. The van der Waals surface area contributed by atoms with E-state index < -0.39 is 17.9 Å². The summed E-state index contributed by atoms with van der Waals surface area (Å²) in [6, 6.07) is 5.90. The van der Waals surface area contributed by atoms with Gasteiger partial charge in [0, 0.05) is 0 Å². The monoisotopic (exact) mass is 320 g/mol. The maximum Gasteiger partial charge on any atom is 0.345 e. The number of carbonyl (C=O) groups excluding carboxylic acids is 2. The van der Waals surface area contributed by atoms with E-state index in [2.05, 4.69) is 0 Å².